The fourth-order valence-electron chi connectivity index (χ4n) is 4.10. The van der Waals surface area contributed by atoms with Gasteiger partial charge in [0, 0.05) is 25.7 Å². The molecule has 2 atom stereocenters. The maximum Gasteiger partial charge on any atom is 0.0730 e. The molecule has 0 spiro atoms. The van der Waals surface area contributed by atoms with Gasteiger partial charge in [-0.25, -0.2) is 0 Å². The van der Waals surface area contributed by atoms with Crippen LogP contribution in [0.25, 0.3) is 0 Å². The minimum Gasteiger partial charge on any atom is -0.396 e. The molecular weight excluding hydrogens is 262 g/mol. The molecule has 1 aliphatic carbocycles. The van der Waals surface area contributed by atoms with Crippen LogP contribution >= 0.6 is 0 Å². The van der Waals surface area contributed by atoms with E-state index in [1.807, 2.05) is 0 Å². The topological polar surface area (TPSA) is 32.7 Å². The van der Waals surface area contributed by atoms with E-state index in [1.54, 1.807) is 0 Å². The van der Waals surface area contributed by atoms with Gasteiger partial charge < -0.3 is 9.84 Å². The standard InChI is InChI=1S/C18H35NO2/c1-2-3-10-17(11-7-13-20)19-12-14-21-18(15-19)16-8-5-4-6-9-16/h16-18,20H,2-15H2,1H3. The summed E-state index contributed by atoms with van der Waals surface area (Å²) in [6.07, 6.45) is 13.4. The lowest BCUT2D eigenvalue weighted by Gasteiger charge is -2.42. The SMILES string of the molecule is CCCCC(CCCO)N1CCOC(C2CCCCC2)C1. The fraction of sp³-hybridized carbons (Fsp3) is 1.00. The quantitative estimate of drug-likeness (QED) is 0.743. The predicted molar refractivity (Wildman–Crippen MR) is 87.5 cm³/mol. The highest BCUT2D eigenvalue weighted by Gasteiger charge is 2.31. The highest BCUT2D eigenvalue weighted by atomic mass is 16.5. The summed E-state index contributed by atoms with van der Waals surface area (Å²) in [4.78, 5) is 2.67. The Kier molecular flexibility index (Phi) is 8.05. The molecule has 3 nitrogen and oxygen atoms in total. The van der Waals surface area contributed by atoms with E-state index in [0.717, 1.165) is 38.5 Å². The van der Waals surface area contributed by atoms with Gasteiger partial charge in [-0.05, 0) is 38.0 Å². The Morgan fingerprint density at radius 3 is 2.62 bits per heavy atom. The number of ether oxygens (including phenoxy) is 1. The average Bonchev–Trinajstić information content (AvgIpc) is 2.56. The van der Waals surface area contributed by atoms with Gasteiger partial charge in [0.1, 0.15) is 0 Å². The second-order valence-corrected chi connectivity index (χ2v) is 6.96. The number of aliphatic hydroxyl groups excluding tert-OH is 1. The van der Waals surface area contributed by atoms with Crippen molar-refractivity contribution in [3.8, 4) is 0 Å². The van der Waals surface area contributed by atoms with Crippen LogP contribution in [-0.4, -0.2) is 48.5 Å². The van der Waals surface area contributed by atoms with Gasteiger partial charge in [0.25, 0.3) is 0 Å². The van der Waals surface area contributed by atoms with Gasteiger partial charge in [0.15, 0.2) is 0 Å². The minimum atomic E-state index is 0.332. The first-order valence-corrected chi connectivity index (χ1v) is 9.31. The molecule has 0 aromatic carbocycles. The summed E-state index contributed by atoms with van der Waals surface area (Å²) in [5, 5.41) is 9.15. The first-order chi connectivity index (χ1) is 10.3. The van der Waals surface area contributed by atoms with Crippen molar-refractivity contribution in [3.05, 3.63) is 0 Å². The third kappa shape index (κ3) is 5.54. The molecule has 0 aromatic rings. The molecule has 3 heteroatoms. The number of hydrogen-bond acceptors (Lipinski definition) is 3. The zero-order valence-corrected chi connectivity index (χ0v) is 13.9. The number of nitrogens with zero attached hydrogens (tertiary/aromatic N) is 1. The Hall–Kier alpha value is -0.120. The maximum atomic E-state index is 9.15. The van der Waals surface area contributed by atoms with Crippen molar-refractivity contribution in [1.82, 2.24) is 4.90 Å². The molecule has 0 bridgehead atoms. The average molecular weight is 297 g/mol. The lowest BCUT2D eigenvalue weighted by atomic mass is 9.84. The smallest absolute Gasteiger partial charge is 0.0730 e. The monoisotopic (exact) mass is 297 g/mol. The van der Waals surface area contributed by atoms with Crippen LogP contribution in [0.3, 0.4) is 0 Å². The van der Waals surface area contributed by atoms with Gasteiger partial charge >= 0.3 is 0 Å². The molecule has 1 heterocycles. The molecule has 1 saturated heterocycles. The van der Waals surface area contributed by atoms with E-state index in [0.29, 0.717) is 18.8 Å². The summed E-state index contributed by atoms with van der Waals surface area (Å²) in [7, 11) is 0. The van der Waals surface area contributed by atoms with E-state index in [-0.39, 0.29) is 0 Å². The van der Waals surface area contributed by atoms with Crippen LogP contribution in [0, 0.1) is 5.92 Å². The van der Waals surface area contributed by atoms with E-state index < -0.39 is 0 Å². The lowest BCUT2D eigenvalue weighted by Crippen LogP contribution is -2.50. The summed E-state index contributed by atoms with van der Waals surface area (Å²) in [6.45, 7) is 5.72. The van der Waals surface area contributed by atoms with Crippen LogP contribution < -0.4 is 0 Å². The van der Waals surface area contributed by atoms with Crippen LogP contribution in [0.15, 0.2) is 0 Å². The van der Waals surface area contributed by atoms with Gasteiger partial charge in [0.2, 0.25) is 0 Å². The van der Waals surface area contributed by atoms with Crippen molar-refractivity contribution in [3.63, 3.8) is 0 Å². The number of aliphatic hydroxyl groups is 1. The zero-order chi connectivity index (χ0) is 14.9. The largest absolute Gasteiger partial charge is 0.396 e. The Balaban J connectivity index is 1.86. The number of morpholine rings is 1. The molecule has 0 amide bonds. The van der Waals surface area contributed by atoms with E-state index in [2.05, 4.69) is 11.8 Å². The van der Waals surface area contributed by atoms with Crippen molar-refractivity contribution >= 4 is 0 Å². The van der Waals surface area contributed by atoms with Gasteiger partial charge in [-0.1, -0.05) is 39.0 Å². The molecule has 1 N–H and O–H groups in total. The fourth-order valence-corrected chi connectivity index (χ4v) is 4.10. The van der Waals surface area contributed by atoms with Crippen molar-refractivity contribution in [2.45, 2.75) is 83.3 Å². The number of hydrogen-bond donors (Lipinski definition) is 1. The molecule has 2 unspecified atom stereocenters. The molecule has 2 aliphatic rings. The normalized spacial score (nSPS) is 26.9. The van der Waals surface area contributed by atoms with Gasteiger partial charge in [-0.3, -0.25) is 4.90 Å². The van der Waals surface area contributed by atoms with Crippen molar-refractivity contribution in [2.75, 3.05) is 26.3 Å². The molecule has 21 heavy (non-hydrogen) atoms. The number of unbranched alkanes of at least 4 members (excludes halogenated alkanes) is 1. The molecule has 1 saturated carbocycles. The van der Waals surface area contributed by atoms with E-state index in [4.69, 9.17) is 9.84 Å². The summed E-state index contributed by atoms with van der Waals surface area (Å²) >= 11 is 0. The van der Waals surface area contributed by atoms with Gasteiger partial charge in [-0.15, -0.1) is 0 Å². The molecule has 2 rings (SSSR count). The summed E-state index contributed by atoms with van der Waals surface area (Å²) in [6, 6.07) is 0.659. The first kappa shape index (κ1) is 17.2. The predicted octanol–water partition coefficient (Wildman–Crippen LogP) is 3.60. The Bertz CT molecular complexity index is 258. The van der Waals surface area contributed by atoms with E-state index in [9.17, 15) is 0 Å². The highest BCUT2D eigenvalue weighted by molar-refractivity contribution is 4.83. The van der Waals surface area contributed by atoms with Crippen molar-refractivity contribution in [2.24, 2.45) is 5.92 Å². The van der Waals surface area contributed by atoms with E-state index >= 15 is 0 Å². The molecule has 124 valence electrons. The first-order valence-electron chi connectivity index (χ1n) is 9.31. The highest BCUT2D eigenvalue weighted by Crippen LogP contribution is 2.30. The minimum absolute atomic E-state index is 0.332. The van der Waals surface area contributed by atoms with Crippen LogP contribution in [0.4, 0.5) is 0 Å². The molecular formula is C18H35NO2. The lowest BCUT2D eigenvalue weighted by molar-refractivity contribution is -0.0783. The zero-order valence-electron chi connectivity index (χ0n) is 13.9. The molecule has 2 fully saturated rings. The van der Waals surface area contributed by atoms with Gasteiger partial charge in [-0.2, -0.15) is 0 Å². The molecule has 0 radical (unpaired) electrons. The van der Waals surface area contributed by atoms with Gasteiger partial charge in [0.05, 0.1) is 12.7 Å². The van der Waals surface area contributed by atoms with Crippen LogP contribution in [0.2, 0.25) is 0 Å². The Labute approximate surface area is 131 Å². The summed E-state index contributed by atoms with van der Waals surface area (Å²) in [5.74, 6) is 0.797. The third-order valence-electron chi connectivity index (χ3n) is 5.40. The Morgan fingerprint density at radius 1 is 1.14 bits per heavy atom. The number of rotatable bonds is 8. The summed E-state index contributed by atoms with van der Waals surface area (Å²) < 4.78 is 6.12. The third-order valence-corrected chi connectivity index (χ3v) is 5.40. The Morgan fingerprint density at radius 2 is 1.90 bits per heavy atom. The summed E-state index contributed by atoms with van der Waals surface area (Å²) in [5.41, 5.74) is 0. The van der Waals surface area contributed by atoms with E-state index in [1.165, 1.54) is 51.4 Å². The molecule has 1 aliphatic heterocycles. The maximum absolute atomic E-state index is 9.15. The van der Waals surface area contributed by atoms with Crippen LogP contribution in [-0.2, 0) is 4.74 Å². The molecule has 0 aromatic heterocycles. The second-order valence-electron chi connectivity index (χ2n) is 6.96. The second kappa shape index (κ2) is 9.81. The van der Waals surface area contributed by atoms with Crippen molar-refractivity contribution < 1.29 is 9.84 Å². The van der Waals surface area contributed by atoms with Crippen LogP contribution in [0.5, 0.6) is 0 Å². The van der Waals surface area contributed by atoms with Crippen molar-refractivity contribution in [1.29, 1.82) is 0 Å². The van der Waals surface area contributed by atoms with Crippen LogP contribution in [0.1, 0.15) is 71.1 Å².